The van der Waals surface area contributed by atoms with Gasteiger partial charge in [-0.2, -0.15) is 31.4 Å². The Morgan fingerprint density at radius 3 is 2.36 bits per heavy atom. The van der Waals surface area contributed by atoms with Crippen molar-refractivity contribution in [2.24, 2.45) is 7.05 Å². The Morgan fingerprint density at radius 1 is 1.04 bits per heavy atom. The molecule has 0 aliphatic rings. The Bertz CT molecular complexity index is 910. The minimum atomic E-state index is -4.70. The van der Waals surface area contributed by atoms with Crippen LogP contribution in [0.15, 0.2) is 23.8 Å². The molecule has 0 atom stereocenters. The van der Waals surface area contributed by atoms with Crippen LogP contribution in [0.5, 0.6) is 0 Å². The number of rotatable bonds is 2. The fourth-order valence-corrected chi connectivity index (χ4v) is 2.77. The van der Waals surface area contributed by atoms with Crippen molar-refractivity contribution in [2.75, 3.05) is 0 Å². The van der Waals surface area contributed by atoms with E-state index in [9.17, 15) is 26.3 Å². The number of alkyl halides is 6. The van der Waals surface area contributed by atoms with E-state index in [-0.39, 0.29) is 22.1 Å². The van der Waals surface area contributed by atoms with Crippen LogP contribution >= 0.6 is 11.3 Å². The van der Waals surface area contributed by atoms with Gasteiger partial charge in [0, 0.05) is 24.8 Å². The van der Waals surface area contributed by atoms with Crippen molar-refractivity contribution in [2.45, 2.75) is 12.4 Å². The van der Waals surface area contributed by atoms with Crippen molar-refractivity contribution in [1.82, 2.24) is 24.7 Å². The molecule has 0 radical (unpaired) electrons. The summed E-state index contributed by atoms with van der Waals surface area (Å²) in [6, 6.07) is 1.22. The van der Waals surface area contributed by atoms with Gasteiger partial charge in [0.25, 0.3) is 0 Å². The summed E-state index contributed by atoms with van der Waals surface area (Å²) < 4.78 is 78.0. The lowest BCUT2D eigenvalue weighted by molar-refractivity contribution is -0.141. The van der Waals surface area contributed by atoms with E-state index in [4.69, 9.17) is 0 Å². The Labute approximate surface area is 140 Å². The third-order valence-corrected chi connectivity index (χ3v) is 3.85. The van der Waals surface area contributed by atoms with Gasteiger partial charge in [0.2, 0.25) is 0 Å². The third-order valence-electron chi connectivity index (χ3n) is 3.01. The van der Waals surface area contributed by atoms with Crippen LogP contribution in [0.25, 0.3) is 22.1 Å². The average molecular weight is 379 g/mol. The number of aromatic nitrogens is 5. The summed E-state index contributed by atoms with van der Waals surface area (Å²) in [6.45, 7) is 0. The second-order valence-corrected chi connectivity index (χ2v) is 5.72. The second-order valence-electron chi connectivity index (χ2n) is 4.86. The molecule has 5 nitrogen and oxygen atoms in total. The monoisotopic (exact) mass is 379 g/mol. The maximum Gasteiger partial charge on any atom is 0.435 e. The smallest absolute Gasteiger partial charge is 0.275 e. The van der Waals surface area contributed by atoms with Crippen LogP contribution in [0.1, 0.15) is 11.4 Å². The number of hydrogen-bond acceptors (Lipinski definition) is 5. The molecule has 3 aromatic heterocycles. The number of aryl methyl sites for hydroxylation is 1. The summed E-state index contributed by atoms with van der Waals surface area (Å²) in [7, 11) is 1.32. The zero-order chi connectivity index (χ0) is 18.4. The van der Waals surface area contributed by atoms with E-state index in [1.165, 1.54) is 13.1 Å². The fraction of sp³-hybridized carbons (Fsp3) is 0.231. The highest BCUT2D eigenvalue weighted by atomic mass is 32.1. The molecular weight excluding hydrogens is 372 g/mol. The first-order valence-corrected chi connectivity index (χ1v) is 7.41. The van der Waals surface area contributed by atoms with Crippen LogP contribution < -0.4 is 0 Å². The highest BCUT2D eigenvalue weighted by molar-refractivity contribution is 7.13. The second kappa shape index (κ2) is 5.79. The SMILES string of the molecule is Cn1cc(-c2ccnc(-c3nc(C(F)(F)F)cs3)n2)c(C(F)(F)F)n1. The highest BCUT2D eigenvalue weighted by Gasteiger charge is 2.38. The Kier molecular flexibility index (Phi) is 4.01. The largest absolute Gasteiger partial charge is 0.435 e. The minimum Gasteiger partial charge on any atom is -0.275 e. The van der Waals surface area contributed by atoms with Crippen molar-refractivity contribution >= 4 is 11.3 Å². The Morgan fingerprint density at radius 2 is 1.76 bits per heavy atom. The van der Waals surface area contributed by atoms with E-state index in [2.05, 4.69) is 20.1 Å². The molecule has 0 fully saturated rings. The lowest BCUT2D eigenvalue weighted by Gasteiger charge is -2.06. The lowest BCUT2D eigenvalue weighted by atomic mass is 10.1. The van der Waals surface area contributed by atoms with Crippen LogP contribution in [-0.2, 0) is 19.4 Å². The standard InChI is InChI=1S/C13H7F6N5S/c1-24-4-6(9(23-24)13(17,18)19)7-2-3-20-10(21-7)11-22-8(5-25-11)12(14,15)16/h2-5H,1H3. The number of nitrogens with zero attached hydrogens (tertiary/aromatic N) is 5. The summed E-state index contributed by atoms with van der Waals surface area (Å²) in [4.78, 5) is 11.1. The molecule has 12 heteroatoms. The predicted octanol–water partition coefficient (Wildman–Crippen LogP) is 4.04. The van der Waals surface area contributed by atoms with Gasteiger partial charge < -0.3 is 0 Å². The molecule has 0 aromatic carbocycles. The number of halogens is 6. The van der Waals surface area contributed by atoms with Crippen LogP contribution in [0.4, 0.5) is 26.3 Å². The molecule has 0 spiro atoms. The molecule has 0 N–H and O–H groups in total. The van der Waals surface area contributed by atoms with Gasteiger partial charge in [-0.3, -0.25) is 4.68 Å². The molecule has 132 valence electrons. The molecule has 0 unspecified atom stereocenters. The quantitative estimate of drug-likeness (QED) is 0.631. The Balaban J connectivity index is 2.05. The summed E-state index contributed by atoms with van der Waals surface area (Å²) in [5.74, 6) is -0.199. The van der Waals surface area contributed by atoms with Crippen molar-refractivity contribution in [3.05, 3.63) is 35.2 Å². The van der Waals surface area contributed by atoms with Gasteiger partial charge in [0.05, 0.1) is 11.3 Å². The molecule has 0 aliphatic carbocycles. The van der Waals surface area contributed by atoms with Crippen molar-refractivity contribution in [3.8, 4) is 22.1 Å². The van der Waals surface area contributed by atoms with E-state index in [0.717, 1.165) is 22.5 Å². The highest BCUT2D eigenvalue weighted by Crippen LogP contribution is 2.36. The molecular formula is C13H7F6N5S. The molecule has 0 bridgehead atoms. The first kappa shape index (κ1) is 17.3. The lowest BCUT2D eigenvalue weighted by Crippen LogP contribution is -2.08. The van der Waals surface area contributed by atoms with Gasteiger partial charge in [0.1, 0.15) is 0 Å². The van der Waals surface area contributed by atoms with E-state index >= 15 is 0 Å². The molecule has 25 heavy (non-hydrogen) atoms. The summed E-state index contributed by atoms with van der Waals surface area (Å²) in [5, 5.41) is 4.01. The Hall–Kier alpha value is -2.50. The predicted molar refractivity (Wildman–Crippen MR) is 75.3 cm³/mol. The molecule has 0 amide bonds. The van der Waals surface area contributed by atoms with Crippen molar-refractivity contribution in [3.63, 3.8) is 0 Å². The van der Waals surface area contributed by atoms with Crippen molar-refractivity contribution < 1.29 is 26.3 Å². The average Bonchev–Trinajstić information content (AvgIpc) is 3.13. The van der Waals surface area contributed by atoms with E-state index in [0.29, 0.717) is 11.3 Å². The van der Waals surface area contributed by atoms with Gasteiger partial charge in [-0.15, -0.1) is 11.3 Å². The molecule has 0 saturated heterocycles. The molecule has 0 saturated carbocycles. The van der Waals surface area contributed by atoms with Crippen LogP contribution in [0.3, 0.4) is 0 Å². The van der Waals surface area contributed by atoms with Crippen LogP contribution in [0.2, 0.25) is 0 Å². The zero-order valence-electron chi connectivity index (χ0n) is 12.2. The first-order chi connectivity index (χ1) is 11.6. The third kappa shape index (κ3) is 3.48. The fourth-order valence-electron chi connectivity index (χ4n) is 2.00. The molecule has 3 aromatic rings. The summed E-state index contributed by atoms with van der Waals surface area (Å²) >= 11 is 0.649. The van der Waals surface area contributed by atoms with Gasteiger partial charge in [-0.1, -0.05) is 0 Å². The van der Waals surface area contributed by atoms with E-state index in [1.807, 2.05) is 0 Å². The van der Waals surface area contributed by atoms with Gasteiger partial charge in [0.15, 0.2) is 22.2 Å². The molecule has 0 aliphatic heterocycles. The summed E-state index contributed by atoms with van der Waals surface area (Å²) in [5.41, 5.74) is -2.67. The van der Waals surface area contributed by atoms with Gasteiger partial charge in [-0.25, -0.2) is 15.0 Å². The first-order valence-electron chi connectivity index (χ1n) is 6.53. The maximum absolute atomic E-state index is 13.1. The normalized spacial score (nSPS) is 12.6. The van der Waals surface area contributed by atoms with Crippen molar-refractivity contribution in [1.29, 1.82) is 0 Å². The van der Waals surface area contributed by atoms with E-state index in [1.54, 1.807) is 0 Å². The number of thiazole rings is 1. The van der Waals surface area contributed by atoms with Gasteiger partial charge >= 0.3 is 12.4 Å². The topological polar surface area (TPSA) is 56.5 Å². The zero-order valence-corrected chi connectivity index (χ0v) is 13.0. The molecule has 3 heterocycles. The van der Waals surface area contributed by atoms with Crippen LogP contribution in [0, 0.1) is 0 Å². The van der Waals surface area contributed by atoms with Crippen LogP contribution in [-0.4, -0.2) is 24.7 Å². The summed E-state index contributed by atoms with van der Waals surface area (Å²) in [6.07, 6.45) is -7.05. The van der Waals surface area contributed by atoms with Gasteiger partial charge in [-0.05, 0) is 6.07 Å². The minimum absolute atomic E-state index is 0.116. The molecule has 3 rings (SSSR count). The maximum atomic E-state index is 13.1. The number of hydrogen-bond donors (Lipinski definition) is 0. The van der Waals surface area contributed by atoms with E-state index < -0.39 is 23.7 Å².